The van der Waals surface area contributed by atoms with Crippen LogP contribution in [0.2, 0.25) is 0 Å². The van der Waals surface area contributed by atoms with Crippen LogP contribution in [-0.4, -0.2) is 26.7 Å². The van der Waals surface area contributed by atoms with Crippen LogP contribution in [0.4, 0.5) is 11.4 Å². The van der Waals surface area contributed by atoms with Crippen molar-refractivity contribution in [1.29, 1.82) is 0 Å². The van der Waals surface area contributed by atoms with E-state index in [0.29, 0.717) is 17.0 Å². The number of carbonyl (C=O) groups excluding carboxylic acids is 1. The maximum atomic E-state index is 12.3. The molecule has 0 unspecified atom stereocenters. The van der Waals surface area contributed by atoms with E-state index in [0.717, 1.165) is 11.4 Å². The lowest BCUT2D eigenvalue weighted by atomic mass is 10.2. The lowest BCUT2D eigenvalue weighted by Gasteiger charge is -2.15. The van der Waals surface area contributed by atoms with E-state index in [9.17, 15) is 14.9 Å². The highest BCUT2D eigenvalue weighted by Gasteiger charge is 2.20. The average Bonchev–Trinajstić information content (AvgIpc) is 2.73. The van der Waals surface area contributed by atoms with Gasteiger partial charge >= 0.3 is 0 Å². The summed E-state index contributed by atoms with van der Waals surface area (Å²) in [6.07, 6.45) is -0.759. The topological polar surface area (TPSA) is 99.3 Å². The van der Waals surface area contributed by atoms with E-state index in [1.54, 1.807) is 31.6 Å². The number of ether oxygens (including phenoxy) is 1. The third kappa shape index (κ3) is 3.53. The van der Waals surface area contributed by atoms with Gasteiger partial charge in [0.05, 0.1) is 22.0 Å². The number of rotatable bonds is 5. The number of benzene rings is 1. The van der Waals surface area contributed by atoms with Gasteiger partial charge in [-0.25, -0.2) is 0 Å². The summed E-state index contributed by atoms with van der Waals surface area (Å²) < 4.78 is 7.28. The zero-order valence-corrected chi connectivity index (χ0v) is 14.3. The van der Waals surface area contributed by atoms with Crippen LogP contribution < -0.4 is 10.1 Å². The van der Waals surface area contributed by atoms with E-state index in [-0.39, 0.29) is 11.6 Å². The number of aromatic nitrogens is 2. The van der Waals surface area contributed by atoms with Crippen molar-refractivity contribution in [3.05, 3.63) is 45.3 Å². The quantitative estimate of drug-likeness (QED) is 0.670. The highest BCUT2D eigenvalue weighted by Crippen LogP contribution is 2.24. The van der Waals surface area contributed by atoms with Crippen LogP contribution in [0, 0.1) is 30.9 Å². The predicted molar refractivity (Wildman–Crippen MR) is 89.2 cm³/mol. The van der Waals surface area contributed by atoms with Crippen LogP contribution in [0.5, 0.6) is 5.75 Å². The van der Waals surface area contributed by atoms with Crippen LogP contribution in [0.3, 0.4) is 0 Å². The molecule has 8 heteroatoms. The number of nitro benzene ring substituents is 1. The van der Waals surface area contributed by atoms with Crippen molar-refractivity contribution in [2.24, 2.45) is 7.05 Å². The van der Waals surface area contributed by atoms with E-state index in [2.05, 4.69) is 10.4 Å². The molecular formula is C16H20N4O4. The van der Waals surface area contributed by atoms with E-state index >= 15 is 0 Å². The third-order valence-electron chi connectivity index (χ3n) is 3.80. The Kier molecular flexibility index (Phi) is 4.87. The zero-order chi connectivity index (χ0) is 18.0. The van der Waals surface area contributed by atoms with E-state index in [1.807, 2.05) is 13.8 Å². The van der Waals surface area contributed by atoms with Gasteiger partial charge in [0.2, 0.25) is 0 Å². The number of hydrogen-bond donors (Lipinski definition) is 1. The molecule has 2 rings (SSSR count). The Labute approximate surface area is 139 Å². The van der Waals surface area contributed by atoms with Crippen molar-refractivity contribution in [1.82, 2.24) is 9.78 Å². The first-order valence-corrected chi connectivity index (χ1v) is 7.43. The Morgan fingerprint density at radius 1 is 1.38 bits per heavy atom. The van der Waals surface area contributed by atoms with Gasteiger partial charge in [-0.05, 0) is 39.8 Å². The Balaban J connectivity index is 2.09. The van der Waals surface area contributed by atoms with Crippen LogP contribution >= 0.6 is 0 Å². The summed E-state index contributed by atoms with van der Waals surface area (Å²) in [7, 11) is 1.80. The normalized spacial score (nSPS) is 11.9. The van der Waals surface area contributed by atoms with Gasteiger partial charge in [0.15, 0.2) is 6.10 Å². The number of amides is 1. The molecule has 0 bridgehead atoms. The number of nitrogens with zero attached hydrogens (tertiary/aromatic N) is 3. The van der Waals surface area contributed by atoms with Crippen molar-refractivity contribution >= 4 is 17.3 Å². The molecule has 0 radical (unpaired) electrons. The van der Waals surface area contributed by atoms with Crippen LogP contribution in [0.1, 0.15) is 23.9 Å². The maximum absolute atomic E-state index is 12.3. The molecule has 0 aliphatic heterocycles. The van der Waals surface area contributed by atoms with Gasteiger partial charge in [-0.1, -0.05) is 0 Å². The van der Waals surface area contributed by atoms with Gasteiger partial charge in [0.25, 0.3) is 11.6 Å². The second kappa shape index (κ2) is 6.69. The molecule has 0 aliphatic carbocycles. The molecule has 2 aromatic rings. The Morgan fingerprint density at radius 2 is 2.04 bits per heavy atom. The lowest BCUT2D eigenvalue weighted by Crippen LogP contribution is -2.30. The van der Waals surface area contributed by atoms with Crippen molar-refractivity contribution in [2.75, 3.05) is 5.32 Å². The number of anilines is 1. The van der Waals surface area contributed by atoms with Crippen molar-refractivity contribution in [2.45, 2.75) is 33.8 Å². The summed E-state index contributed by atoms with van der Waals surface area (Å²) >= 11 is 0. The molecule has 0 saturated carbocycles. The highest BCUT2D eigenvalue weighted by atomic mass is 16.6. The van der Waals surface area contributed by atoms with Gasteiger partial charge in [-0.2, -0.15) is 5.10 Å². The zero-order valence-electron chi connectivity index (χ0n) is 14.3. The van der Waals surface area contributed by atoms with Crippen molar-refractivity contribution in [3.8, 4) is 5.75 Å². The fraction of sp³-hybridized carbons (Fsp3) is 0.375. The molecule has 8 nitrogen and oxygen atoms in total. The molecule has 1 amide bonds. The minimum absolute atomic E-state index is 0.0149. The van der Waals surface area contributed by atoms with Crippen LogP contribution in [-0.2, 0) is 11.8 Å². The third-order valence-corrected chi connectivity index (χ3v) is 3.80. The number of nitro groups is 1. The van der Waals surface area contributed by atoms with Gasteiger partial charge in [0.1, 0.15) is 5.75 Å². The lowest BCUT2D eigenvalue weighted by molar-refractivity contribution is -0.385. The SMILES string of the molecule is Cc1cc(O[C@H](C)C(=O)Nc2c(C)nn(C)c2C)ccc1[N+](=O)[O-]. The summed E-state index contributed by atoms with van der Waals surface area (Å²) in [5.74, 6) is 0.0885. The maximum Gasteiger partial charge on any atom is 0.272 e. The summed E-state index contributed by atoms with van der Waals surface area (Å²) in [6, 6.07) is 4.39. The molecule has 24 heavy (non-hydrogen) atoms. The van der Waals surface area contributed by atoms with Gasteiger partial charge in [-0.3, -0.25) is 19.6 Å². The Hall–Kier alpha value is -2.90. The monoisotopic (exact) mass is 332 g/mol. The van der Waals surface area contributed by atoms with Gasteiger partial charge in [-0.15, -0.1) is 0 Å². The molecule has 1 atom stereocenters. The average molecular weight is 332 g/mol. The second-order valence-corrected chi connectivity index (χ2v) is 5.62. The fourth-order valence-electron chi connectivity index (χ4n) is 2.34. The van der Waals surface area contributed by atoms with Crippen molar-refractivity contribution in [3.63, 3.8) is 0 Å². The predicted octanol–water partition coefficient (Wildman–Crippen LogP) is 2.66. The number of hydrogen-bond acceptors (Lipinski definition) is 5. The molecule has 0 fully saturated rings. The molecule has 1 heterocycles. The van der Waals surface area contributed by atoms with Gasteiger partial charge in [0, 0.05) is 18.7 Å². The van der Waals surface area contributed by atoms with Crippen LogP contribution in [0.15, 0.2) is 18.2 Å². The summed E-state index contributed by atoms with van der Waals surface area (Å²) in [4.78, 5) is 22.7. The first-order chi connectivity index (χ1) is 11.2. The highest BCUT2D eigenvalue weighted by molar-refractivity contribution is 5.95. The van der Waals surface area contributed by atoms with Crippen LogP contribution in [0.25, 0.3) is 0 Å². The smallest absolute Gasteiger partial charge is 0.272 e. The van der Waals surface area contributed by atoms with E-state index < -0.39 is 11.0 Å². The van der Waals surface area contributed by atoms with Gasteiger partial charge < -0.3 is 10.1 Å². The number of aryl methyl sites for hydroxylation is 3. The van der Waals surface area contributed by atoms with E-state index in [4.69, 9.17) is 4.74 Å². The molecular weight excluding hydrogens is 312 g/mol. The number of carbonyl (C=O) groups is 1. The Bertz CT molecular complexity index is 798. The fourth-order valence-corrected chi connectivity index (χ4v) is 2.34. The molecule has 128 valence electrons. The first kappa shape index (κ1) is 17.5. The second-order valence-electron chi connectivity index (χ2n) is 5.62. The molecule has 1 aromatic carbocycles. The number of nitrogens with one attached hydrogen (secondary N) is 1. The van der Waals surface area contributed by atoms with Crippen molar-refractivity contribution < 1.29 is 14.5 Å². The minimum atomic E-state index is -0.759. The molecule has 0 spiro atoms. The molecule has 1 N–H and O–H groups in total. The largest absolute Gasteiger partial charge is 0.481 e. The summed E-state index contributed by atoms with van der Waals surface area (Å²) in [5, 5.41) is 17.9. The standard InChI is InChI=1S/C16H20N4O4/c1-9-8-13(6-7-14(9)20(22)23)24-12(4)16(21)17-15-10(2)18-19(5)11(15)3/h6-8,12H,1-5H3,(H,17,21)/t12-/m1/s1. The first-order valence-electron chi connectivity index (χ1n) is 7.43. The summed E-state index contributed by atoms with van der Waals surface area (Å²) in [5.41, 5.74) is 2.73. The Morgan fingerprint density at radius 3 is 2.54 bits per heavy atom. The molecule has 1 aromatic heterocycles. The molecule has 0 saturated heterocycles. The summed E-state index contributed by atoms with van der Waals surface area (Å²) in [6.45, 7) is 6.92. The van der Waals surface area contributed by atoms with E-state index in [1.165, 1.54) is 12.1 Å². The molecule has 0 aliphatic rings. The minimum Gasteiger partial charge on any atom is -0.481 e.